The van der Waals surface area contributed by atoms with E-state index in [1.54, 1.807) is 0 Å². The zero-order valence-corrected chi connectivity index (χ0v) is 14.2. The molecule has 1 aromatic carbocycles. The maximum atomic E-state index is 12.4. The molecule has 1 heterocycles. The summed E-state index contributed by atoms with van der Waals surface area (Å²) in [6.45, 7) is 4.07. The molecule has 23 heavy (non-hydrogen) atoms. The molecule has 1 aromatic rings. The minimum atomic E-state index is -0.122. The molecule has 0 aromatic heterocycles. The van der Waals surface area contributed by atoms with Crippen LogP contribution in [-0.2, 0) is 4.79 Å². The van der Waals surface area contributed by atoms with Crippen LogP contribution in [0.2, 0.25) is 0 Å². The molecule has 2 N–H and O–H groups in total. The van der Waals surface area contributed by atoms with Crippen molar-refractivity contribution in [2.24, 2.45) is 0 Å². The van der Waals surface area contributed by atoms with Crippen LogP contribution in [0.5, 0.6) is 0 Å². The fourth-order valence-corrected chi connectivity index (χ4v) is 4.05. The van der Waals surface area contributed by atoms with Crippen LogP contribution in [0.1, 0.15) is 64.0 Å². The Balaban J connectivity index is 1.81. The topological polar surface area (TPSA) is 52.6 Å². The van der Waals surface area contributed by atoms with Crippen LogP contribution < -0.4 is 10.2 Å². The van der Waals surface area contributed by atoms with Gasteiger partial charge >= 0.3 is 0 Å². The lowest BCUT2D eigenvalue weighted by atomic mass is 9.88. The number of para-hydroxylation sites is 1. The van der Waals surface area contributed by atoms with Gasteiger partial charge in [0, 0.05) is 30.2 Å². The van der Waals surface area contributed by atoms with Crippen molar-refractivity contribution in [2.45, 2.75) is 76.6 Å². The molecule has 0 spiro atoms. The van der Waals surface area contributed by atoms with Crippen LogP contribution >= 0.6 is 0 Å². The van der Waals surface area contributed by atoms with Crippen molar-refractivity contribution >= 4 is 11.6 Å². The number of carbonyl (C=O) groups excluding carboxylic acids is 1. The fourth-order valence-electron chi connectivity index (χ4n) is 4.05. The Morgan fingerprint density at radius 3 is 2.65 bits per heavy atom. The zero-order valence-electron chi connectivity index (χ0n) is 14.2. The number of anilines is 1. The maximum Gasteiger partial charge on any atom is 0.226 e. The Morgan fingerprint density at radius 2 is 1.96 bits per heavy atom. The van der Waals surface area contributed by atoms with Crippen molar-refractivity contribution < 1.29 is 9.90 Å². The van der Waals surface area contributed by atoms with Gasteiger partial charge in [0.05, 0.1) is 6.10 Å². The van der Waals surface area contributed by atoms with Crippen molar-refractivity contribution in [1.82, 2.24) is 5.32 Å². The minimum Gasteiger partial charge on any atom is -0.393 e. The summed E-state index contributed by atoms with van der Waals surface area (Å²) < 4.78 is 0. The van der Waals surface area contributed by atoms with Gasteiger partial charge < -0.3 is 15.3 Å². The molecule has 1 aliphatic carbocycles. The molecule has 4 heteroatoms. The molecule has 1 saturated carbocycles. The number of aliphatic hydroxyl groups excluding tert-OH is 1. The van der Waals surface area contributed by atoms with Crippen LogP contribution in [0, 0.1) is 0 Å². The number of aliphatic hydroxyl groups is 1. The van der Waals surface area contributed by atoms with Gasteiger partial charge in [0.25, 0.3) is 0 Å². The molecule has 1 unspecified atom stereocenters. The molecule has 3 rings (SSSR count). The number of benzene rings is 1. The molecule has 2 atom stereocenters. The molecule has 126 valence electrons. The fraction of sp³-hybridized carbons (Fsp3) is 0.632. The number of hydrogen-bond donors (Lipinski definition) is 2. The lowest BCUT2D eigenvalue weighted by Gasteiger charge is -2.41. The average Bonchev–Trinajstić information content (AvgIpc) is 2.56. The first-order valence-corrected chi connectivity index (χ1v) is 8.95. The van der Waals surface area contributed by atoms with E-state index >= 15 is 0 Å². The Hall–Kier alpha value is -1.39. The highest BCUT2D eigenvalue weighted by Crippen LogP contribution is 2.38. The van der Waals surface area contributed by atoms with Crippen LogP contribution in [0.15, 0.2) is 24.3 Å². The van der Waals surface area contributed by atoms with Gasteiger partial charge in [-0.1, -0.05) is 25.1 Å². The maximum absolute atomic E-state index is 12.4. The normalized spacial score (nSPS) is 30.8. The SMILES string of the molecule is CCC(=O)N1c2ccccc2[C@H](NC2CCC(O)CC2)CC1C. The third kappa shape index (κ3) is 3.43. The first-order valence-electron chi connectivity index (χ1n) is 8.95. The van der Waals surface area contributed by atoms with E-state index < -0.39 is 0 Å². The van der Waals surface area contributed by atoms with Crippen LogP contribution in [0.3, 0.4) is 0 Å². The van der Waals surface area contributed by atoms with Crippen LogP contribution in [-0.4, -0.2) is 29.2 Å². The van der Waals surface area contributed by atoms with E-state index in [4.69, 9.17) is 0 Å². The second-order valence-corrected chi connectivity index (χ2v) is 6.99. The molecule has 0 saturated heterocycles. The van der Waals surface area contributed by atoms with Crippen molar-refractivity contribution in [2.75, 3.05) is 4.90 Å². The van der Waals surface area contributed by atoms with E-state index in [1.807, 2.05) is 17.9 Å². The van der Waals surface area contributed by atoms with Gasteiger partial charge in [-0.15, -0.1) is 0 Å². The Bertz CT molecular complexity index is 552. The van der Waals surface area contributed by atoms with E-state index in [1.165, 1.54) is 5.56 Å². The average molecular weight is 316 g/mol. The third-order valence-corrected chi connectivity index (χ3v) is 5.29. The molecule has 0 radical (unpaired) electrons. The number of fused-ring (bicyclic) bond motifs is 1. The van der Waals surface area contributed by atoms with Crippen molar-refractivity contribution in [3.63, 3.8) is 0 Å². The quantitative estimate of drug-likeness (QED) is 0.900. The number of carbonyl (C=O) groups is 1. The molecular formula is C19H28N2O2. The van der Waals surface area contributed by atoms with Crippen LogP contribution in [0.4, 0.5) is 5.69 Å². The van der Waals surface area contributed by atoms with Gasteiger partial charge in [0.1, 0.15) is 0 Å². The van der Waals surface area contributed by atoms with E-state index in [0.717, 1.165) is 37.8 Å². The van der Waals surface area contributed by atoms with Gasteiger partial charge in [-0.05, 0) is 50.7 Å². The summed E-state index contributed by atoms with van der Waals surface area (Å²) in [4.78, 5) is 14.3. The van der Waals surface area contributed by atoms with E-state index in [2.05, 4.69) is 30.4 Å². The second-order valence-electron chi connectivity index (χ2n) is 6.99. The number of amides is 1. The lowest BCUT2D eigenvalue weighted by Crippen LogP contribution is -2.47. The predicted octanol–water partition coefficient (Wildman–Crippen LogP) is 3.16. The van der Waals surface area contributed by atoms with Crippen molar-refractivity contribution in [3.8, 4) is 0 Å². The molecular weight excluding hydrogens is 288 g/mol. The summed E-state index contributed by atoms with van der Waals surface area (Å²) in [5.74, 6) is 0.198. The third-order valence-electron chi connectivity index (χ3n) is 5.29. The number of rotatable bonds is 3. The van der Waals surface area contributed by atoms with Gasteiger partial charge in [-0.3, -0.25) is 4.79 Å². The standard InChI is InChI=1S/C19H28N2O2/c1-3-19(23)21-13(2)12-17(16-6-4-5-7-18(16)21)20-14-8-10-15(22)11-9-14/h4-7,13-15,17,20,22H,3,8-12H2,1-2H3/t13?,14?,15?,17-/m1/s1. The first kappa shape index (κ1) is 16.5. The lowest BCUT2D eigenvalue weighted by molar-refractivity contribution is -0.118. The molecule has 4 nitrogen and oxygen atoms in total. The highest BCUT2D eigenvalue weighted by molar-refractivity contribution is 5.95. The Morgan fingerprint density at radius 1 is 1.26 bits per heavy atom. The van der Waals surface area contributed by atoms with Gasteiger partial charge in [0.2, 0.25) is 5.91 Å². The zero-order chi connectivity index (χ0) is 16.4. The minimum absolute atomic E-state index is 0.122. The summed E-state index contributed by atoms with van der Waals surface area (Å²) in [6, 6.07) is 9.26. The smallest absolute Gasteiger partial charge is 0.226 e. The van der Waals surface area contributed by atoms with Gasteiger partial charge in [0.15, 0.2) is 0 Å². The summed E-state index contributed by atoms with van der Waals surface area (Å²) in [6.07, 6.45) is 5.21. The number of nitrogens with zero attached hydrogens (tertiary/aromatic N) is 1. The molecule has 1 aliphatic heterocycles. The molecule has 1 amide bonds. The monoisotopic (exact) mass is 316 g/mol. The Kier molecular flexibility index (Phi) is 5.02. The summed E-state index contributed by atoms with van der Waals surface area (Å²) in [5, 5.41) is 13.5. The van der Waals surface area contributed by atoms with Gasteiger partial charge in [-0.25, -0.2) is 0 Å². The van der Waals surface area contributed by atoms with Crippen molar-refractivity contribution in [1.29, 1.82) is 0 Å². The Labute approximate surface area is 138 Å². The largest absolute Gasteiger partial charge is 0.393 e. The van der Waals surface area contributed by atoms with Gasteiger partial charge in [-0.2, -0.15) is 0 Å². The number of nitrogens with one attached hydrogen (secondary N) is 1. The van der Waals surface area contributed by atoms with E-state index in [0.29, 0.717) is 18.5 Å². The number of hydrogen-bond acceptors (Lipinski definition) is 3. The van der Waals surface area contributed by atoms with E-state index in [9.17, 15) is 9.90 Å². The molecule has 0 bridgehead atoms. The summed E-state index contributed by atoms with van der Waals surface area (Å²) in [7, 11) is 0. The predicted molar refractivity (Wildman–Crippen MR) is 92.4 cm³/mol. The first-order chi connectivity index (χ1) is 11.1. The second kappa shape index (κ2) is 7.02. The van der Waals surface area contributed by atoms with Crippen LogP contribution in [0.25, 0.3) is 0 Å². The summed E-state index contributed by atoms with van der Waals surface area (Å²) >= 11 is 0. The van der Waals surface area contributed by atoms with E-state index in [-0.39, 0.29) is 18.1 Å². The highest BCUT2D eigenvalue weighted by atomic mass is 16.3. The highest BCUT2D eigenvalue weighted by Gasteiger charge is 2.34. The molecule has 2 aliphatic rings. The van der Waals surface area contributed by atoms with Crippen molar-refractivity contribution in [3.05, 3.63) is 29.8 Å². The molecule has 1 fully saturated rings. The summed E-state index contributed by atoms with van der Waals surface area (Å²) in [5.41, 5.74) is 2.30.